The lowest BCUT2D eigenvalue weighted by atomic mass is 9.97. The number of aromatic nitrogens is 1. The number of oxazole rings is 1. The van der Waals surface area contributed by atoms with Gasteiger partial charge in [-0.2, -0.15) is 5.26 Å². The van der Waals surface area contributed by atoms with Gasteiger partial charge in [-0.25, -0.2) is 14.0 Å². The highest BCUT2D eigenvalue weighted by Gasteiger charge is 2.52. The van der Waals surface area contributed by atoms with Crippen LogP contribution in [0.3, 0.4) is 0 Å². The molecule has 1 aliphatic carbocycles. The van der Waals surface area contributed by atoms with Gasteiger partial charge in [0, 0.05) is 19.5 Å². The van der Waals surface area contributed by atoms with Crippen molar-refractivity contribution >= 4 is 23.1 Å². The molecular weight excluding hydrogens is 503 g/mol. The van der Waals surface area contributed by atoms with Crippen molar-refractivity contribution < 1.29 is 23.1 Å². The fourth-order valence-electron chi connectivity index (χ4n) is 5.71. The Morgan fingerprint density at radius 2 is 1.92 bits per heavy atom. The zero-order valence-electron chi connectivity index (χ0n) is 22.4. The molecule has 2 heterocycles. The van der Waals surface area contributed by atoms with Gasteiger partial charge >= 0.3 is 11.8 Å². The number of nitrogens with zero attached hydrogens (tertiary/aromatic N) is 3. The second-order valence-corrected chi connectivity index (χ2v) is 11.4. The molecule has 1 saturated carbocycles. The number of benzene rings is 2. The molecule has 2 bridgehead atoms. The van der Waals surface area contributed by atoms with E-state index in [1.54, 1.807) is 58.2 Å². The first-order chi connectivity index (χ1) is 18.4. The minimum atomic E-state index is -0.979. The van der Waals surface area contributed by atoms with E-state index in [9.17, 15) is 19.6 Å². The number of fused-ring (bicyclic) bond motifs is 3. The first kappa shape index (κ1) is 26.5. The molecule has 4 atom stereocenters. The fraction of sp³-hybridized carbons (Fsp3) is 0.448. The summed E-state index contributed by atoms with van der Waals surface area (Å²) in [4.78, 5) is 39.5. The van der Waals surface area contributed by atoms with Gasteiger partial charge in [-0.05, 0) is 80.8 Å². The third-order valence-electron chi connectivity index (χ3n) is 7.53. The number of nitriles is 1. The van der Waals surface area contributed by atoms with E-state index in [0.717, 1.165) is 19.3 Å². The normalized spacial score (nSPS) is 21.1. The van der Waals surface area contributed by atoms with Gasteiger partial charge in [-0.15, -0.1) is 0 Å². The number of hydrogen-bond donors (Lipinski definition) is 1. The average Bonchev–Trinajstić information content (AvgIpc) is 3.57. The van der Waals surface area contributed by atoms with E-state index >= 15 is 4.39 Å². The molecule has 1 aliphatic heterocycles. The van der Waals surface area contributed by atoms with Crippen molar-refractivity contribution in [2.45, 2.75) is 70.2 Å². The maximum Gasteiger partial charge on any atom is 0.419 e. The van der Waals surface area contributed by atoms with Crippen molar-refractivity contribution in [3.63, 3.8) is 0 Å². The summed E-state index contributed by atoms with van der Waals surface area (Å²) in [6.45, 7) is 5.33. The predicted molar refractivity (Wildman–Crippen MR) is 141 cm³/mol. The van der Waals surface area contributed by atoms with Gasteiger partial charge in [0.15, 0.2) is 5.58 Å². The van der Waals surface area contributed by atoms with Crippen LogP contribution in [0.25, 0.3) is 22.2 Å². The second-order valence-electron chi connectivity index (χ2n) is 11.4. The molecule has 2 aromatic carbocycles. The Morgan fingerprint density at radius 3 is 2.62 bits per heavy atom. The third kappa shape index (κ3) is 5.13. The number of ether oxygens (including phenoxy) is 1. The lowest BCUT2D eigenvalue weighted by Crippen LogP contribution is -2.55. The molecule has 3 aromatic rings. The molecule has 1 aromatic heterocycles. The van der Waals surface area contributed by atoms with Crippen LogP contribution in [0, 0.1) is 23.1 Å². The summed E-state index contributed by atoms with van der Waals surface area (Å²) >= 11 is 0. The number of likely N-dealkylation sites (tertiary alicyclic amines) is 1. The molecule has 0 radical (unpaired) electrons. The number of halogens is 1. The second kappa shape index (κ2) is 9.88. The van der Waals surface area contributed by atoms with Gasteiger partial charge in [0.2, 0.25) is 5.91 Å². The SMILES string of the molecule is Cn1c(=O)oc2cc(-c3ccc(CC(C#N)NC(=O)[C@@H]4[C@H]5CC[C@H](C5)N4C(=O)OC(C)(C)C)c(F)c3)ccc21. The summed E-state index contributed by atoms with van der Waals surface area (Å²) in [5, 5.41) is 12.5. The van der Waals surface area contributed by atoms with E-state index in [4.69, 9.17) is 9.15 Å². The van der Waals surface area contributed by atoms with Crippen LogP contribution in [-0.4, -0.2) is 45.2 Å². The van der Waals surface area contributed by atoms with Crippen LogP contribution in [0.5, 0.6) is 0 Å². The summed E-state index contributed by atoms with van der Waals surface area (Å²) in [6, 6.07) is 10.1. The van der Waals surface area contributed by atoms with E-state index in [1.807, 2.05) is 0 Å². The molecule has 2 amide bonds. The number of amides is 2. The average molecular weight is 535 g/mol. The number of hydrogen-bond acceptors (Lipinski definition) is 6. The topological polar surface area (TPSA) is 118 Å². The number of aryl methyl sites for hydroxylation is 1. The van der Waals surface area contributed by atoms with Gasteiger partial charge in [0.25, 0.3) is 0 Å². The van der Waals surface area contributed by atoms with Crippen molar-refractivity contribution in [2.24, 2.45) is 13.0 Å². The van der Waals surface area contributed by atoms with Crippen LogP contribution in [0.15, 0.2) is 45.6 Å². The molecule has 0 spiro atoms. The lowest BCUT2D eigenvalue weighted by Gasteiger charge is -2.35. The van der Waals surface area contributed by atoms with Crippen LogP contribution in [0.2, 0.25) is 0 Å². The van der Waals surface area contributed by atoms with E-state index in [-0.39, 0.29) is 23.9 Å². The Labute approximate surface area is 225 Å². The fourth-order valence-corrected chi connectivity index (χ4v) is 5.71. The quantitative estimate of drug-likeness (QED) is 0.522. The first-order valence-electron chi connectivity index (χ1n) is 13.0. The van der Waals surface area contributed by atoms with E-state index in [2.05, 4.69) is 11.4 Å². The molecule has 2 fully saturated rings. The molecule has 204 valence electrons. The predicted octanol–water partition coefficient (Wildman–Crippen LogP) is 4.28. The number of nitrogens with one attached hydrogen (secondary N) is 1. The molecule has 9 nitrogen and oxygen atoms in total. The van der Waals surface area contributed by atoms with Crippen molar-refractivity contribution in [1.82, 2.24) is 14.8 Å². The van der Waals surface area contributed by atoms with Gasteiger partial charge < -0.3 is 14.5 Å². The van der Waals surface area contributed by atoms with Gasteiger partial charge in [-0.3, -0.25) is 14.3 Å². The van der Waals surface area contributed by atoms with Gasteiger partial charge in [-0.1, -0.05) is 18.2 Å². The first-order valence-corrected chi connectivity index (χ1v) is 13.0. The van der Waals surface area contributed by atoms with Crippen molar-refractivity contribution in [3.8, 4) is 17.2 Å². The van der Waals surface area contributed by atoms with Crippen LogP contribution in [0.4, 0.5) is 9.18 Å². The minimum absolute atomic E-state index is 0.00395. The van der Waals surface area contributed by atoms with Crippen LogP contribution in [-0.2, 0) is 23.0 Å². The smallest absolute Gasteiger partial charge is 0.419 e. The van der Waals surface area contributed by atoms with Gasteiger partial charge in [0.05, 0.1) is 11.6 Å². The Kier molecular flexibility index (Phi) is 6.70. The van der Waals surface area contributed by atoms with Gasteiger partial charge in [0.1, 0.15) is 23.5 Å². The summed E-state index contributed by atoms with van der Waals surface area (Å²) in [5.74, 6) is -1.42. The molecule has 1 N–H and O–H groups in total. The Morgan fingerprint density at radius 1 is 1.21 bits per heavy atom. The molecule has 2 aliphatic rings. The highest BCUT2D eigenvalue weighted by Crippen LogP contribution is 2.43. The number of carbonyl (C=O) groups is 2. The maximum absolute atomic E-state index is 15.1. The summed E-state index contributed by atoms with van der Waals surface area (Å²) in [6.07, 6.45) is 1.80. The third-order valence-corrected chi connectivity index (χ3v) is 7.53. The van der Waals surface area contributed by atoms with E-state index in [1.165, 1.54) is 15.5 Å². The van der Waals surface area contributed by atoms with E-state index < -0.39 is 41.3 Å². The zero-order chi connectivity index (χ0) is 28.1. The Hall–Kier alpha value is -4.13. The largest absolute Gasteiger partial charge is 0.444 e. The van der Waals surface area contributed by atoms with Crippen molar-refractivity contribution in [2.75, 3.05) is 0 Å². The molecule has 10 heteroatoms. The standard InChI is InChI=1S/C29H31FN4O5/c1-29(2,3)39-28(37)34-21-9-7-19(12-21)25(34)26(35)32-20(15-31)11-18-6-5-16(13-22(18)30)17-8-10-23-24(14-17)38-27(36)33(23)4/h5-6,8,10,13-14,19-21,25H,7,9,11-12H2,1-4H3,(H,32,35)/t19-,20?,21+,25-/m0/s1. The van der Waals surface area contributed by atoms with Crippen molar-refractivity contribution in [1.29, 1.82) is 5.26 Å². The highest BCUT2D eigenvalue weighted by molar-refractivity contribution is 5.87. The monoisotopic (exact) mass is 534 g/mol. The zero-order valence-corrected chi connectivity index (χ0v) is 22.4. The summed E-state index contributed by atoms with van der Waals surface area (Å²) in [5.41, 5.74) is 1.87. The molecule has 5 rings (SSSR count). The van der Waals surface area contributed by atoms with Crippen molar-refractivity contribution in [3.05, 3.63) is 58.3 Å². The summed E-state index contributed by atoms with van der Waals surface area (Å²) < 4.78 is 27.3. The highest BCUT2D eigenvalue weighted by atomic mass is 19.1. The van der Waals surface area contributed by atoms with Crippen LogP contribution in [0.1, 0.15) is 45.6 Å². The number of rotatable bonds is 5. The Balaban J connectivity index is 1.30. The number of piperidine rings is 1. The number of carbonyl (C=O) groups excluding carboxylic acids is 2. The molecule has 1 saturated heterocycles. The van der Waals surface area contributed by atoms with E-state index in [0.29, 0.717) is 22.2 Å². The lowest BCUT2D eigenvalue weighted by molar-refractivity contribution is -0.128. The molecule has 39 heavy (non-hydrogen) atoms. The molecule has 1 unspecified atom stereocenters. The van der Waals surface area contributed by atoms with Crippen LogP contribution < -0.4 is 11.1 Å². The Bertz CT molecular complexity index is 1550. The minimum Gasteiger partial charge on any atom is -0.444 e. The molecular formula is C29H31FN4O5. The van der Waals surface area contributed by atoms with Crippen LogP contribution >= 0.6 is 0 Å². The maximum atomic E-state index is 15.1. The summed E-state index contributed by atoms with van der Waals surface area (Å²) in [7, 11) is 1.61.